The monoisotopic (exact) mass is 427 g/mol. The maximum atomic E-state index is 13.6. The van der Waals surface area contributed by atoms with Crippen molar-refractivity contribution in [1.29, 1.82) is 0 Å². The van der Waals surface area contributed by atoms with Crippen LogP contribution in [0.15, 0.2) is 58.3 Å². The first kappa shape index (κ1) is 18.8. The first-order valence-corrected chi connectivity index (χ1v) is 10.7. The number of sulfonamides is 1. The molecule has 2 heterocycles. The predicted molar refractivity (Wildman–Crippen MR) is 95.5 cm³/mol. The van der Waals surface area contributed by atoms with Gasteiger partial charge in [0.25, 0.3) is 0 Å². The summed E-state index contributed by atoms with van der Waals surface area (Å²) in [6.45, 7) is 0. The van der Waals surface area contributed by atoms with Crippen LogP contribution >= 0.6 is 0 Å². The van der Waals surface area contributed by atoms with Crippen LogP contribution in [0, 0.1) is 0 Å². The lowest BCUT2D eigenvalue weighted by Crippen LogP contribution is -2.13. The standard InChI is InChI=1S/C17H12F3N3O3S2/c18-17(19,20)16-13-9-27(24)14-4-2-1-3-12(14)15(13)23(22-16)10-5-7-11(8-6-10)28(21,25)26/h1-8H,9H2,(H2,21,25,26). The zero-order valence-electron chi connectivity index (χ0n) is 14.0. The average molecular weight is 427 g/mol. The molecular formula is C17H12F3N3O3S2. The summed E-state index contributed by atoms with van der Waals surface area (Å²) in [5.41, 5.74) is -0.464. The number of primary sulfonamides is 1. The largest absolute Gasteiger partial charge is 0.435 e. The third kappa shape index (κ3) is 3.05. The fourth-order valence-electron chi connectivity index (χ4n) is 3.13. The molecule has 0 amide bonds. The molecule has 6 nitrogen and oxygen atoms in total. The number of hydrogen-bond acceptors (Lipinski definition) is 4. The van der Waals surface area contributed by atoms with E-state index in [0.717, 1.165) is 4.68 Å². The van der Waals surface area contributed by atoms with E-state index in [1.807, 2.05) is 0 Å². The topological polar surface area (TPSA) is 95.1 Å². The number of fused-ring (bicyclic) bond motifs is 3. The van der Waals surface area contributed by atoms with E-state index in [4.69, 9.17) is 5.14 Å². The molecule has 0 saturated heterocycles. The van der Waals surface area contributed by atoms with E-state index < -0.39 is 32.7 Å². The number of nitrogens with zero attached hydrogens (tertiary/aromatic N) is 2. The third-order valence-corrected chi connectivity index (χ3v) is 6.65. The maximum absolute atomic E-state index is 13.6. The predicted octanol–water partition coefficient (Wildman–Crippen LogP) is 2.83. The lowest BCUT2D eigenvalue weighted by Gasteiger charge is -2.18. The Hall–Kier alpha value is -2.50. The van der Waals surface area contributed by atoms with Crippen LogP contribution in [0.5, 0.6) is 0 Å². The number of aromatic nitrogens is 2. The number of nitrogens with two attached hydrogens (primary N) is 1. The highest BCUT2D eigenvalue weighted by atomic mass is 32.2. The Bertz CT molecular complexity index is 1220. The van der Waals surface area contributed by atoms with Gasteiger partial charge in [-0.15, -0.1) is 0 Å². The van der Waals surface area contributed by atoms with Crippen molar-refractivity contribution in [3.8, 4) is 16.9 Å². The van der Waals surface area contributed by atoms with E-state index in [2.05, 4.69) is 5.10 Å². The molecule has 0 bridgehead atoms. The van der Waals surface area contributed by atoms with Gasteiger partial charge in [0.2, 0.25) is 10.0 Å². The summed E-state index contributed by atoms with van der Waals surface area (Å²) in [5.74, 6) is -0.309. The second-order valence-electron chi connectivity index (χ2n) is 6.11. The van der Waals surface area contributed by atoms with Crippen molar-refractivity contribution < 1.29 is 25.8 Å². The molecule has 2 aromatic carbocycles. The van der Waals surface area contributed by atoms with Gasteiger partial charge < -0.3 is 0 Å². The maximum Gasteiger partial charge on any atom is 0.435 e. The molecule has 2 N–H and O–H groups in total. The summed E-state index contributed by atoms with van der Waals surface area (Å²) >= 11 is 0. The van der Waals surface area contributed by atoms with Crippen molar-refractivity contribution in [2.75, 3.05) is 0 Å². The Kier molecular flexibility index (Phi) is 4.21. The average Bonchev–Trinajstić information content (AvgIpc) is 3.01. The number of hydrogen-bond donors (Lipinski definition) is 1. The summed E-state index contributed by atoms with van der Waals surface area (Å²) in [6.07, 6.45) is -4.73. The summed E-state index contributed by atoms with van der Waals surface area (Å²) < 4.78 is 77.1. The lowest BCUT2D eigenvalue weighted by atomic mass is 10.1. The highest BCUT2D eigenvalue weighted by Crippen LogP contribution is 2.43. The Morgan fingerprint density at radius 3 is 2.32 bits per heavy atom. The minimum atomic E-state index is -4.73. The highest BCUT2D eigenvalue weighted by molar-refractivity contribution is 7.89. The van der Waals surface area contributed by atoms with E-state index in [9.17, 15) is 25.8 Å². The molecule has 0 saturated carbocycles. The van der Waals surface area contributed by atoms with E-state index in [1.54, 1.807) is 24.3 Å². The van der Waals surface area contributed by atoms with Gasteiger partial charge in [-0.1, -0.05) is 18.2 Å². The summed E-state index contributed by atoms with van der Waals surface area (Å²) in [7, 11) is -5.57. The van der Waals surface area contributed by atoms with Crippen molar-refractivity contribution in [1.82, 2.24) is 9.78 Å². The molecule has 1 aromatic heterocycles. The lowest BCUT2D eigenvalue weighted by molar-refractivity contribution is -0.141. The van der Waals surface area contributed by atoms with Gasteiger partial charge in [-0.3, -0.25) is 4.21 Å². The molecule has 146 valence electrons. The number of halogens is 3. The molecule has 4 rings (SSSR count). The first-order chi connectivity index (χ1) is 13.1. The molecule has 1 unspecified atom stereocenters. The molecule has 1 aliphatic heterocycles. The molecule has 28 heavy (non-hydrogen) atoms. The fourth-order valence-corrected chi connectivity index (χ4v) is 4.97. The van der Waals surface area contributed by atoms with Crippen LogP contribution in [-0.4, -0.2) is 22.4 Å². The quantitative estimate of drug-likeness (QED) is 0.680. The number of alkyl halides is 3. The minimum absolute atomic E-state index is 0.153. The van der Waals surface area contributed by atoms with Crippen molar-refractivity contribution >= 4 is 20.8 Å². The van der Waals surface area contributed by atoms with Gasteiger partial charge in [0.15, 0.2) is 5.69 Å². The van der Waals surface area contributed by atoms with Crippen LogP contribution in [0.4, 0.5) is 13.2 Å². The molecular weight excluding hydrogens is 415 g/mol. The normalized spacial score (nSPS) is 16.5. The van der Waals surface area contributed by atoms with Crippen LogP contribution in [0.3, 0.4) is 0 Å². The highest BCUT2D eigenvalue weighted by Gasteiger charge is 2.42. The number of benzene rings is 2. The molecule has 0 fully saturated rings. The zero-order valence-corrected chi connectivity index (χ0v) is 15.6. The van der Waals surface area contributed by atoms with Crippen molar-refractivity contribution in [3.63, 3.8) is 0 Å². The van der Waals surface area contributed by atoms with Crippen LogP contribution in [-0.2, 0) is 32.8 Å². The van der Waals surface area contributed by atoms with Crippen molar-refractivity contribution in [2.45, 2.75) is 21.7 Å². The van der Waals surface area contributed by atoms with Crippen LogP contribution in [0.1, 0.15) is 11.3 Å². The molecule has 1 atom stereocenters. The van der Waals surface area contributed by atoms with Crippen LogP contribution in [0.2, 0.25) is 0 Å². The Labute approximate surface area is 160 Å². The summed E-state index contributed by atoms with van der Waals surface area (Å²) in [5, 5.41) is 8.80. The van der Waals surface area contributed by atoms with Gasteiger partial charge in [0.1, 0.15) is 0 Å². The van der Waals surface area contributed by atoms with Gasteiger partial charge in [0.05, 0.1) is 32.8 Å². The third-order valence-electron chi connectivity index (χ3n) is 4.32. The van der Waals surface area contributed by atoms with Gasteiger partial charge in [-0.25, -0.2) is 18.2 Å². The second kappa shape index (κ2) is 6.26. The molecule has 0 radical (unpaired) electrons. The Morgan fingerprint density at radius 1 is 1.07 bits per heavy atom. The van der Waals surface area contributed by atoms with Gasteiger partial charge in [-0.05, 0) is 30.3 Å². The summed E-state index contributed by atoms with van der Waals surface area (Å²) in [4.78, 5) is 0.251. The van der Waals surface area contributed by atoms with Crippen molar-refractivity contribution in [2.24, 2.45) is 5.14 Å². The van der Waals surface area contributed by atoms with Gasteiger partial charge in [-0.2, -0.15) is 18.3 Å². The minimum Gasteiger partial charge on any atom is -0.254 e. The van der Waals surface area contributed by atoms with Crippen LogP contribution < -0.4 is 5.14 Å². The van der Waals surface area contributed by atoms with Crippen LogP contribution in [0.25, 0.3) is 16.9 Å². The first-order valence-electron chi connectivity index (χ1n) is 7.87. The summed E-state index contributed by atoms with van der Waals surface area (Å²) in [6, 6.07) is 11.5. The molecule has 0 aliphatic carbocycles. The number of rotatable bonds is 2. The van der Waals surface area contributed by atoms with E-state index in [0.29, 0.717) is 10.5 Å². The zero-order chi connectivity index (χ0) is 20.3. The van der Waals surface area contributed by atoms with Gasteiger partial charge >= 0.3 is 6.18 Å². The van der Waals surface area contributed by atoms with Gasteiger partial charge in [0, 0.05) is 16.0 Å². The SMILES string of the molecule is NS(=O)(=O)c1ccc(-n2nc(C(F)(F)F)c3c2-c2ccccc2S(=O)C3)cc1. The molecule has 1 aliphatic rings. The van der Waals surface area contributed by atoms with E-state index in [-0.39, 0.29) is 27.6 Å². The van der Waals surface area contributed by atoms with E-state index in [1.165, 1.54) is 24.3 Å². The van der Waals surface area contributed by atoms with E-state index >= 15 is 0 Å². The van der Waals surface area contributed by atoms with Crippen molar-refractivity contribution in [3.05, 3.63) is 59.8 Å². The Morgan fingerprint density at radius 2 is 1.71 bits per heavy atom. The fraction of sp³-hybridized carbons (Fsp3) is 0.118. The molecule has 0 spiro atoms. The Balaban J connectivity index is 1.99. The molecule has 3 aromatic rings. The smallest absolute Gasteiger partial charge is 0.254 e. The molecule has 11 heteroatoms. The second-order valence-corrected chi connectivity index (χ2v) is 9.09.